The Balaban J connectivity index is 1.78. The molecule has 2 fully saturated rings. The smallest absolute Gasteiger partial charge is 0.118 e. The fraction of sp³-hybridized carbons (Fsp3) is 0.684. The van der Waals surface area contributed by atoms with Gasteiger partial charge in [0.2, 0.25) is 0 Å². The SMILES string of the molecule is OCC(O)(C1CCCCN1)C1CCCCN1Cc1ccccc1. The van der Waals surface area contributed by atoms with E-state index in [1.807, 2.05) is 6.07 Å². The molecule has 128 valence electrons. The van der Waals surface area contributed by atoms with Crippen molar-refractivity contribution in [2.45, 2.75) is 62.8 Å². The number of piperidine rings is 2. The van der Waals surface area contributed by atoms with Gasteiger partial charge in [-0.3, -0.25) is 4.90 Å². The summed E-state index contributed by atoms with van der Waals surface area (Å²) in [6, 6.07) is 10.5. The molecule has 2 heterocycles. The van der Waals surface area contributed by atoms with E-state index in [-0.39, 0.29) is 18.7 Å². The molecule has 3 N–H and O–H groups in total. The Morgan fingerprint density at radius 3 is 2.57 bits per heavy atom. The van der Waals surface area contributed by atoms with Crippen LogP contribution in [0.25, 0.3) is 0 Å². The number of nitrogens with zero attached hydrogens (tertiary/aromatic N) is 1. The van der Waals surface area contributed by atoms with E-state index in [9.17, 15) is 10.2 Å². The van der Waals surface area contributed by atoms with E-state index in [0.717, 1.165) is 51.7 Å². The van der Waals surface area contributed by atoms with E-state index in [2.05, 4.69) is 34.5 Å². The minimum absolute atomic E-state index is 0.00243. The van der Waals surface area contributed by atoms with Crippen LogP contribution in [-0.2, 0) is 6.54 Å². The molecule has 0 aliphatic carbocycles. The van der Waals surface area contributed by atoms with Gasteiger partial charge in [-0.05, 0) is 44.3 Å². The van der Waals surface area contributed by atoms with E-state index in [1.165, 1.54) is 12.0 Å². The molecular weight excluding hydrogens is 288 g/mol. The predicted octanol–water partition coefficient (Wildman–Crippen LogP) is 1.91. The lowest BCUT2D eigenvalue weighted by molar-refractivity contribution is -0.121. The maximum atomic E-state index is 11.4. The third-order valence-corrected chi connectivity index (χ3v) is 5.59. The van der Waals surface area contributed by atoms with E-state index >= 15 is 0 Å². The first-order chi connectivity index (χ1) is 11.2. The number of hydrogen-bond acceptors (Lipinski definition) is 4. The number of benzene rings is 1. The summed E-state index contributed by atoms with van der Waals surface area (Å²) in [6.07, 6.45) is 6.50. The maximum Gasteiger partial charge on any atom is 0.118 e. The number of aliphatic hydroxyl groups is 2. The summed E-state index contributed by atoms with van der Waals surface area (Å²) in [5.74, 6) is 0. The Morgan fingerprint density at radius 1 is 1.09 bits per heavy atom. The fourth-order valence-corrected chi connectivity index (χ4v) is 4.29. The van der Waals surface area contributed by atoms with Crippen molar-refractivity contribution in [2.75, 3.05) is 19.7 Å². The van der Waals surface area contributed by atoms with Gasteiger partial charge < -0.3 is 15.5 Å². The van der Waals surface area contributed by atoms with E-state index in [1.54, 1.807) is 0 Å². The molecule has 3 atom stereocenters. The number of likely N-dealkylation sites (tertiary alicyclic amines) is 1. The van der Waals surface area contributed by atoms with Crippen molar-refractivity contribution in [2.24, 2.45) is 0 Å². The second-order valence-corrected chi connectivity index (χ2v) is 7.12. The van der Waals surface area contributed by atoms with Crippen molar-refractivity contribution >= 4 is 0 Å². The largest absolute Gasteiger partial charge is 0.393 e. The van der Waals surface area contributed by atoms with Crippen molar-refractivity contribution < 1.29 is 10.2 Å². The molecule has 1 aromatic rings. The second kappa shape index (κ2) is 7.75. The van der Waals surface area contributed by atoms with Gasteiger partial charge in [-0.25, -0.2) is 0 Å². The van der Waals surface area contributed by atoms with Crippen LogP contribution >= 0.6 is 0 Å². The van der Waals surface area contributed by atoms with Gasteiger partial charge in [0.25, 0.3) is 0 Å². The summed E-state index contributed by atoms with van der Waals surface area (Å²) in [5.41, 5.74) is 0.228. The Labute approximate surface area is 139 Å². The zero-order chi connectivity index (χ0) is 16.1. The summed E-state index contributed by atoms with van der Waals surface area (Å²) in [5, 5.41) is 24.9. The Kier molecular flexibility index (Phi) is 5.70. The van der Waals surface area contributed by atoms with Gasteiger partial charge in [0.1, 0.15) is 5.60 Å². The number of rotatable bonds is 5. The lowest BCUT2D eigenvalue weighted by Gasteiger charge is -2.49. The maximum absolute atomic E-state index is 11.4. The Hall–Kier alpha value is -0.940. The van der Waals surface area contributed by atoms with Gasteiger partial charge in [-0.1, -0.05) is 43.2 Å². The molecule has 0 amide bonds. The average Bonchev–Trinajstić information content (AvgIpc) is 2.63. The van der Waals surface area contributed by atoms with Gasteiger partial charge >= 0.3 is 0 Å². The van der Waals surface area contributed by atoms with Crippen LogP contribution in [0, 0.1) is 0 Å². The normalized spacial score (nSPS) is 29.1. The van der Waals surface area contributed by atoms with Crippen molar-refractivity contribution in [3.63, 3.8) is 0 Å². The molecule has 2 aliphatic rings. The summed E-state index contributed by atoms with van der Waals surface area (Å²) < 4.78 is 0. The molecule has 2 aliphatic heterocycles. The van der Waals surface area contributed by atoms with Gasteiger partial charge in [-0.15, -0.1) is 0 Å². The van der Waals surface area contributed by atoms with Crippen molar-refractivity contribution in [1.82, 2.24) is 10.2 Å². The summed E-state index contributed by atoms with van der Waals surface area (Å²) in [6.45, 7) is 2.62. The van der Waals surface area contributed by atoms with Crippen LogP contribution in [0.2, 0.25) is 0 Å². The standard InChI is InChI=1S/C19H30N2O2/c22-15-19(23,17-10-4-6-12-20-17)18-11-5-7-13-21(18)14-16-8-2-1-3-9-16/h1-3,8-9,17-18,20,22-23H,4-7,10-15H2. The zero-order valence-electron chi connectivity index (χ0n) is 14.0. The van der Waals surface area contributed by atoms with Gasteiger partial charge in [-0.2, -0.15) is 0 Å². The van der Waals surface area contributed by atoms with Crippen LogP contribution in [0.5, 0.6) is 0 Å². The molecule has 4 nitrogen and oxygen atoms in total. The summed E-state index contributed by atoms with van der Waals surface area (Å²) >= 11 is 0. The fourth-order valence-electron chi connectivity index (χ4n) is 4.29. The van der Waals surface area contributed by atoms with Crippen LogP contribution in [0.1, 0.15) is 44.1 Å². The van der Waals surface area contributed by atoms with Crippen LogP contribution in [0.3, 0.4) is 0 Å². The van der Waals surface area contributed by atoms with E-state index in [4.69, 9.17) is 0 Å². The average molecular weight is 318 g/mol. The Morgan fingerprint density at radius 2 is 1.87 bits per heavy atom. The minimum atomic E-state index is -1.05. The third-order valence-electron chi connectivity index (χ3n) is 5.59. The van der Waals surface area contributed by atoms with Crippen LogP contribution in [0.4, 0.5) is 0 Å². The molecule has 1 aromatic carbocycles. The first-order valence-electron chi connectivity index (χ1n) is 9.08. The van der Waals surface area contributed by atoms with E-state index < -0.39 is 5.60 Å². The van der Waals surface area contributed by atoms with E-state index in [0.29, 0.717) is 0 Å². The number of hydrogen-bond donors (Lipinski definition) is 3. The van der Waals surface area contributed by atoms with Gasteiger partial charge in [0.15, 0.2) is 0 Å². The third kappa shape index (κ3) is 3.77. The van der Waals surface area contributed by atoms with Crippen LogP contribution in [0.15, 0.2) is 30.3 Å². The highest BCUT2D eigenvalue weighted by atomic mass is 16.3. The molecule has 0 saturated carbocycles. The lowest BCUT2D eigenvalue weighted by Crippen LogP contribution is -2.66. The van der Waals surface area contributed by atoms with Crippen LogP contribution < -0.4 is 5.32 Å². The zero-order valence-corrected chi connectivity index (χ0v) is 14.0. The monoisotopic (exact) mass is 318 g/mol. The lowest BCUT2D eigenvalue weighted by atomic mass is 9.78. The molecule has 3 rings (SSSR count). The van der Waals surface area contributed by atoms with Gasteiger partial charge in [0.05, 0.1) is 6.61 Å². The molecule has 0 radical (unpaired) electrons. The van der Waals surface area contributed by atoms with Crippen molar-refractivity contribution in [3.8, 4) is 0 Å². The molecule has 23 heavy (non-hydrogen) atoms. The molecule has 2 saturated heterocycles. The van der Waals surface area contributed by atoms with Gasteiger partial charge in [0, 0.05) is 18.6 Å². The molecule has 3 unspecified atom stereocenters. The molecule has 4 heteroatoms. The second-order valence-electron chi connectivity index (χ2n) is 7.12. The molecule has 0 spiro atoms. The molecular formula is C19H30N2O2. The first-order valence-corrected chi connectivity index (χ1v) is 9.08. The minimum Gasteiger partial charge on any atom is -0.393 e. The predicted molar refractivity (Wildman–Crippen MR) is 92.2 cm³/mol. The Bertz CT molecular complexity index is 476. The highest BCUT2D eigenvalue weighted by Crippen LogP contribution is 2.32. The first kappa shape index (κ1) is 16.9. The molecule has 0 aromatic heterocycles. The summed E-state index contributed by atoms with van der Waals surface area (Å²) in [7, 11) is 0. The van der Waals surface area contributed by atoms with Crippen molar-refractivity contribution in [1.29, 1.82) is 0 Å². The highest BCUT2D eigenvalue weighted by Gasteiger charge is 2.46. The van der Waals surface area contributed by atoms with Crippen LogP contribution in [-0.4, -0.2) is 52.5 Å². The summed E-state index contributed by atoms with van der Waals surface area (Å²) in [4.78, 5) is 2.38. The quantitative estimate of drug-likeness (QED) is 0.776. The number of aliphatic hydroxyl groups excluding tert-OH is 1. The highest BCUT2D eigenvalue weighted by molar-refractivity contribution is 5.15. The van der Waals surface area contributed by atoms with Crippen molar-refractivity contribution in [3.05, 3.63) is 35.9 Å². The number of nitrogens with one attached hydrogen (secondary N) is 1. The topological polar surface area (TPSA) is 55.7 Å². The molecule has 0 bridgehead atoms.